The van der Waals surface area contributed by atoms with Crippen LogP contribution in [-0.4, -0.2) is 38.7 Å². The van der Waals surface area contributed by atoms with Crippen LogP contribution < -0.4 is 14.2 Å². The molecule has 5 nitrogen and oxygen atoms in total. The van der Waals surface area contributed by atoms with Crippen LogP contribution >= 0.6 is 0 Å². The molecule has 0 spiro atoms. The summed E-state index contributed by atoms with van der Waals surface area (Å²) in [6, 6.07) is 14.0. The summed E-state index contributed by atoms with van der Waals surface area (Å²) in [7, 11) is 4.97. The number of rotatable bonds is 7. The maximum absolute atomic E-state index is 13.2. The van der Waals surface area contributed by atoms with Gasteiger partial charge in [0.2, 0.25) is 5.91 Å². The Bertz CT molecular complexity index is 803. The largest absolute Gasteiger partial charge is 0.497 e. The maximum atomic E-state index is 13.2. The van der Waals surface area contributed by atoms with Crippen molar-refractivity contribution in [2.45, 2.75) is 44.6 Å². The van der Waals surface area contributed by atoms with Crippen molar-refractivity contribution >= 4 is 5.91 Å². The van der Waals surface area contributed by atoms with Gasteiger partial charge in [0.15, 0.2) is 0 Å². The van der Waals surface area contributed by atoms with E-state index in [0.717, 1.165) is 48.6 Å². The first-order chi connectivity index (χ1) is 14.2. The third kappa shape index (κ3) is 5.22. The Labute approximate surface area is 173 Å². The van der Waals surface area contributed by atoms with Gasteiger partial charge in [-0.05, 0) is 60.7 Å². The molecule has 0 aliphatic carbocycles. The Balaban J connectivity index is 1.74. The molecule has 0 unspecified atom stereocenters. The molecule has 29 heavy (non-hydrogen) atoms. The van der Waals surface area contributed by atoms with Gasteiger partial charge in [-0.25, -0.2) is 0 Å². The summed E-state index contributed by atoms with van der Waals surface area (Å²) < 4.78 is 16.1. The molecule has 1 atom stereocenters. The van der Waals surface area contributed by atoms with Crippen molar-refractivity contribution in [3.8, 4) is 17.2 Å². The number of hydrogen-bond acceptors (Lipinski definition) is 4. The Kier molecular flexibility index (Phi) is 7.39. The van der Waals surface area contributed by atoms with E-state index in [-0.39, 0.29) is 11.9 Å². The van der Waals surface area contributed by atoms with E-state index >= 15 is 0 Å². The lowest BCUT2D eigenvalue weighted by Gasteiger charge is -2.31. The summed E-state index contributed by atoms with van der Waals surface area (Å²) in [5, 5.41) is 0. The SMILES string of the molecule is COc1ccc([C@H]2CCCCCN2C(=O)CCc2cc(OC)ccc2OC)cc1. The van der Waals surface area contributed by atoms with Gasteiger partial charge in [0.25, 0.3) is 0 Å². The lowest BCUT2D eigenvalue weighted by atomic mass is 9.99. The van der Waals surface area contributed by atoms with E-state index in [1.165, 1.54) is 12.0 Å². The zero-order valence-electron chi connectivity index (χ0n) is 17.6. The standard InChI is InChI=1S/C24H31NO4/c1-27-20-11-8-18(9-12-20)22-7-5-4-6-16-25(22)24(26)15-10-19-17-21(28-2)13-14-23(19)29-3/h8-9,11-14,17,22H,4-7,10,15-16H2,1-3H3/t22-/m1/s1. The second kappa shape index (κ2) is 10.2. The monoisotopic (exact) mass is 397 g/mol. The number of carbonyl (C=O) groups is 1. The molecule has 156 valence electrons. The smallest absolute Gasteiger partial charge is 0.223 e. The minimum atomic E-state index is 0.128. The molecule has 0 aromatic heterocycles. The number of methoxy groups -OCH3 is 3. The zero-order chi connectivity index (χ0) is 20.6. The summed E-state index contributed by atoms with van der Waals surface area (Å²) in [6.45, 7) is 0.810. The molecule has 1 fully saturated rings. The molecule has 1 aliphatic heterocycles. The predicted octanol–water partition coefficient (Wildman–Crippen LogP) is 4.79. The average Bonchev–Trinajstić information content (AvgIpc) is 3.03. The molecule has 1 aliphatic rings. The molecule has 5 heteroatoms. The number of nitrogens with zero attached hydrogens (tertiary/aromatic N) is 1. The zero-order valence-corrected chi connectivity index (χ0v) is 17.6. The predicted molar refractivity (Wildman–Crippen MR) is 114 cm³/mol. The highest BCUT2D eigenvalue weighted by molar-refractivity contribution is 5.77. The number of ether oxygens (including phenoxy) is 3. The Morgan fingerprint density at radius 2 is 1.66 bits per heavy atom. The first kappa shape index (κ1) is 21.0. The maximum Gasteiger partial charge on any atom is 0.223 e. The summed E-state index contributed by atoms with van der Waals surface area (Å²) in [4.78, 5) is 15.3. The highest BCUT2D eigenvalue weighted by Crippen LogP contribution is 2.32. The highest BCUT2D eigenvalue weighted by atomic mass is 16.5. The van der Waals surface area contributed by atoms with Crippen molar-refractivity contribution in [1.82, 2.24) is 4.90 Å². The second-order valence-corrected chi connectivity index (χ2v) is 7.40. The van der Waals surface area contributed by atoms with Gasteiger partial charge >= 0.3 is 0 Å². The van der Waals surface area contributed by atoms with Gasteiger partial charge in [-0.3, -0.25) is 4.79 Å². The average molecular weight is 398 g/mol. The van der Waals surface area contributed by atoms with Crippen molar-refractivity contribution in [1.29, 1.82) is 0 Å². The normalized spacial score (nSPS) is 16.8. The number of hydrogen-bond donors (Lipinski definition) is 0. The van der Waals surface area contributed by atoms with E-state index in [9.17, 15) is 4.79 Å². The van der Waals surface area contributed by atoms with Crippen LogP contribution in [0.25, 0.3) is 0 Å². The number of aryl methyl sites for hydroxylation is 1. The first-order valence-corrected chi connectivity index (χ1v) is 10.3. The van der Waals surface area contributed by atoms with Crippen molar-refractivity contribution in [3.63, 3.8) is 0 Å². The van der Waals surface area contributed by atoms with E-state index in [1.54, 1.807) is 21.3 Å². The fraction of sp³-hybridized carbons (Fsp3) is 0.458. The van der Waals surface area contributed by atoms with Crippen LogP contribution in [0.1, 0.15) is 49.3 Å². The van der Waals surface area contributed by atoms with Gasteiger partial charge in [-0.1, -0.05) is 25.0 Å². The fourth-order valence-electron chi connectivity index (χ4n) is 4.04. The molecular formula is C24H31NO4. The summed E-state index contributed by atoms with van der Waals surface area (Å²) in [5.74, 6) is 2.60. The van der Waals surface area contributed by atoms with Gasteiger partial charge < -0.3 is 19.1 Å². The van der Waals surface area contributed by atoms with E-state index < -0.39 is 0 Å². The van der Waals surface area contributed by atoms with Crippen LogP contribution in [0.2, 0.25) is 0 Å². The van der Waals surface area contributed by atoms with Crippen molar-refractivity contribution < 1.29 is 19.0 Å². The molecule has 1 saturated heterocycles. The van der Waals surface area contributed by atoms with E-state index in [4.69, 9.17) is 14.2 Å². The van der Waals surface area contributed by atoms with Crippen LogP contribution in [0.15, 0.2) is 42.5 Å². The molecule has 0 saturated carbocycles. The third-order valence-corrected chi connectivity index (χ3v) is 5.67. The molecule has 0 bridgehead atoms. The fourth-order valence-corrected chi connectivity index (χ4v) is 4.04. The Hall–Kier alpha value is -2.69. The van der Waals surface area contributed by atoms with Gasteiger partial charge in [-0.15, -0.1) is 0 Å². The van der Waals surface area contributed by atoms with Crippen LogP contribution in [-0.2, 0) is 11.2 Å². The number of carbonyl (C=O) groups excluding carboxylic acids is 1. The quantitative estimate of drug-likeness (QED) is 0.674. The highest BCUT2D eigenvalue weighted by Gasteiger charge is 2.26. The number of likely N-dealkylation sites (tertiary alicyclic amines) is 1. The van der Waals surface area contributed by atoms with E-state index in [1.807, 2.05) is 30.3 Å². The first-order valence-electron chi connectivity index (χ1n) is 10.3. The summed E-state index contributed by atoms with van der Waals surface area (Å²) in [5.41, 5.74) is 2.18. The van der Waals surface area contributed by atoms with Gasteiger partial charge in [0, 0.05) is 13.0 Å². The molecule has 2 aromatic rings. The van der Waals surface area contributed by atoms with Gasteiger partial charge in [-0.2, -0.15) is 0 Å². The van der Waals surface area contributed by atoms with E-state index in [0.29, 0.717) is 12.8 Å². The number of benzene rings is 2. The van der Waals surface area contributed by atoms with Gasteiger partial charge in [0.1, 0.15) is 17.2 Å². The summed E-state index contributed by atoms with van der Waals surface area (Å²) >= 11 is 0. The second-order valence-electron chi connectivity index (χ2n) is 7.40. The van der Waals surface area contributed by atoms with Crippen LogP contribution in [0.3, 0.4) is 0 Å². The summed E-state index contributed by atoms with van der Waals surface area (Å²) in [6.07, 6.45) is 5.45. The molecule has 2 aromatic carbocycles. The Morgan fingerprint density at radius 1 is 0.931 bits per heavy atom. The minimum absolute atomic E-state index is 0.128. The van der Waals surface area contributed by atoms with Crippen LogP contribution in [0, 0.1) is 0 Å². The molecule has 0 N–H and O–H groups in total. The van der Waals surface area contributed by atoms with Gasteiger partial charge in [0.05, 0.1) is 27.4 Å². The molecule has 0 radical (unpaired) electrons. The van der Waals surface area contributed by atoms with Crippen molar-refractivity contribution in [2.75, 3.05) is 27.9 Å². The lowest BCUT2D eigenvalue weighted by molar-refractivity contribution is -0.133. The Morgan fingerprint density at radius 3 is 2.34 bits per heavy atom. The van der Waals surface area contributed by atoms with E-state index in [2.05, 4.69) is 17.0 Å². The molecule has 3 rings (SSSR count). The third-order valence-electron chi connectivity index (χ3n) is 5.67. The number of amides is 1. The van der Waals surface area contributed by atoms with Crippen molar-refractivity contribution in [3.05, 3.63) is 53.6 Å². The van der Waals surface area contributed by atoms with Crippen molar-refractivity contribution in [2.24, 2.45) is 0 Å². The van der Waals surface area contributed by atoms with Crippen LogP contribution in [0.4, 0.5) is 0 Å². The molecule has 1 amide bonds. The molecule has 1 heterocycles. The minimum Gasteiger partial charge on any atom is -0.497 e. The topological polar surface area (TPSA) is 48.0 Å². The molecular weight excluding hydrogens is 366 g/mol. The lowest BCUT2D eigenvalue weighted by Crippen LogP contribution is -2.35. The van der Waals surface area contributed by atoms with Crippen LogP contribution in [0.5, 0.6) is 17.2 Å².